The van der Waals surface area contributed by atoms with Crippen LogP contribution in [-0.2, 0) is 10.1 Å². The second kappa shape index (κ2) is 23.0. The molecular weight excluding hydrogens is 406 g/mol. The molecule has 0 fully saturated rings. The summed E-state index contributed by atoms with van der Waals surface area (Å²) < 4.78 is 28.4. The van der Waals surface area contributed by atoms with Gasteiger partial charge >= 0.3 is 0 Å². The Labute approximate surface area is 196 Å². The number of hydrogen-bond donors (Lipinski definition) is 1. The lowest BCUT2D eigenvalue weighted by atomic mass is 10.1. The number of hydrogen-bond acceptors (Lipinski definition) is 2. The van der Waals surface area contributed by atoms with Gasteiger partial charge in [0.15, 0.2) is 0 Å². The van der Waals surface area contributed by atoms with Crippen LogP contribution < -0.4 is 0 Å². The van der Waals surface area contributed by atoms with Gasteiger partial charge in [0, 0.05) is 0 Å². The monoisotopic (exact) mass is 464 g/mol. The van der Waals surface area contributed by atoms with Gasteiger partial charge in [0.1, 0.15) is 0 Å². The second-order valence-electron chi connectivity index (χ2n) is 9.35. The van der Waals surface area contributed by atoms with E-state index >= 15 is 0 Å². The predicted octanol–water partition coefficient (Wildman–Crippen LogP) is 8.02. The van der Waals surface area contributed by atoms with Gasteiger partial charge in [-0.15, -0.1) is 0 Å². The third kappa shape index (κ3) is 24.3. The van der Waals surface area contributed by atoms with Gasteiger partial charge in [-0.25, -0.2) is 0 Å². The van der Waals surface area contributed by atoms with Crippen molar-refractivity contribution in [3.63, 3.8) is 0 Å². The minimum Gasteiger partial charge on any atom is -0.324 e. The van der Waals surface area contributed by atoms with Crippen molar-refractivity contribution in [2.75, 3.05) is 31.9 Å². The summed E-state index contributed by atoms with van der Waals surface area (Å²) in [7, 11) is -3.66. The summed E-state index contributed by atoms with van der Waals surface area (Å²) in [4.78, 5) is 0. The van der Waals surface area contributed by atoms with Crippen LogP contribution >= 0.6 is 0 Å². The number of nitrogens with zero attached hydrogens (tertiary/aromatic N) is 1. The second-order valence-corrected chi connectivity index (χ2v) is 11.1. The lowest BCUT2D eigenvalue weighted by molar-refractivity contribution is -0.929. The lowest BCUT2D eigenvalue weighted by Crippen LogP contribution is -2.50. The molecule has 0 aromatic heterocycles. The van der Waals surface area contributed by atoms with Crippen LogP contribution in [0.15, 0.2) is 0 Å². The lowest BCUT2D eigenvalue weighted by Gasteiger charge is -2.39. The summed E-state index contributed by atoms with van der Waals surface area (Å²) in [5, 5.41) is 0. The Bertz CT molecular complexity index is 398. The molecule has 0 amide bonds. The van der Waals surface area contributed by atoms with Gasteiger partial charge < -0.3 is 4.48 Å². The highest BCUT2D eigenvalue weighted by molar-refractivity contribution is 7.85. The molecule has 0 saturated heterocycles. The van der Waals surface area contributed by atoms with Gasteiger partial charge in [0.2, 0.25) is 0 Å². The van der Waals surface area contributed by atoms with E-state index in [2.05, 4.69) is 27.7 Å². The average Bonchev–Trinajstić information content (AvgIpc) is 2.75. The minimum atomic E-state index is -3.66. The Morgan fingerprint density at radius 1 is 0.484 bits per heavy atom. The molecule has 0 aliphatic carbocycles. The molecule has 0 heterocycles. The fourth-order valence-electron chi connectivity index (χ4n) is 4.17. The summed E-state index contributed by atoms with van der Waals surface area (Å²) in [5.74, 6) is -0.201. The highest BCUT2D eigenvalue weighted by atomic mass is 32.2. The molecule has 1 N–H and O–H groups in total. The van der Waals surface area contributed by atoms with Crippen molar-refractivity contribution < 1.29 is 17.5 Å². The Kier molecular flexibility index (Phi) is 24.6. The molecule has 0 radical (unpaired) electrons. The van der Waals surface area contributed by atoms with Crippen molar-refractivity contribution in [3.8, 4) is 0 Å². The van der Waals surface area contributed by atoms with E-state index in [0.29, 0.717) is 0 Å². The average molecular weight is 465 g/mol. The molecule has 0 atom stereocenters. The Balaban J connectivity index is 0. The molecule has 0 spiro atoms. The summed E-state index contributed by atoms with van der Waals surface area (Å²) >= 11 is 0. The van der Waals surface area contributed by atoms with Gasteiger partial charge in [0.25, 0.3) is 10.1 Å². The summed E-state index contributed by atoms with van der Waals surface area (Å²) in [6.45, 7) is 16.6. The molecule has 0 aromatic rings. The van der Waals surface area contributed by atoms with Crippen LogP contribution in [-0.4, -0.2) is 49.4 Å². The fraction of sp³-hybridized carbons (Fsp3) is 1.00. The van der Waals surface area contributed by atoms with Crippen LogP contribution in [0.2, 0.25) is 0 Å². The number of quaternary nitrogens is 1. The molecule has 0 aliphatic heterocycles. The third-order valence-corrected chi connectivity index (χ3v) is 7.04. The quantitative estimate of drug-likeness (QED) is 0.106. The summed E-state index contributed by atoms with van der Waals surface area (Å²) in [6, 6.07) is 0. The zero-order valence-corrected chi connectivity index (χ0v) is 22.8. The Hall–Kier alpha value is -0.130. The molecule has 5 heteroatoms. The molecule has 0 bridgehead atoms. The van der Waals surface area contributed by atoms with E-state index < -0.39 is 10.1 Å². The van der Waals surface area contributed by atoms with E-state index in [-0.39, 0.29) is 5.75 Å². The van der Waals surface area contributed by atoms with Crippen LogP contribution in [0.1, 0.15) is 137 Å². The first-order valence-corrected chi connectivity index (χ1v) is 15.2. The molecule has 0 saturated carbocycles. The molecule has 0 unspecified atom stereocenters. The first-order chi connectivity index (χ1) is 14.8. The first kappa shape index (κ1) is 33.0. The minimum absolute atomic E-state index is 0.201. The zero-order chi connectivity index (χ0) is 23.8. The van der Waals surface area contributed by atoms with Crippen molar-refractivity contribution in [2.45, 2.75) is 137 Å². The maximum absolute atomic E-state index is 9.56. The molecule has 190 valence electrons. The van der Waals surface area contributed by atoms with Gasteiger partial charge in [0.05, 0.1) is 31.9 Å². The molecular formula is C26H58NO3S+. The van der Waals surface area contributed by atoms with Gasteiger partial charge in [-0.1, -0.05) is 79.1 Å². The Morgan fingerprint density at radius 3 is 0.871 bits per heavy atom. The van der Waals surface area contributed by atoms with Crippen molar-refractivity contribution in [1.29, 1.82) is 0 Å². The molecule has 0 aliphatic rings. The van der Waals surface area contributed by atoms with Crippen LogP contribution in [0, 0.1) is 0 Å². The van der Waals surface area contributed by atoms with Crippen LogP contribution in [0.25, 0.3) is 0 Å². The molecule has 4 nitrogen and oxygen atoms in total. The van der Waals surface area contributed by atoms with Crippen molar-refractivity contribution in [2.24, 2.45) is 0 Å². The SMILES string of the molecule is CCCCCC[N+](CCCCCC)(CCCCCC)CCCCCC.CCS(=O)(=O)O. The third-order valence-electron chi connectivity index (χ3n) is 6.31. The molecule has 0 rings (SSSR count). The number of rotatable bonds is 21. The van der Waals surface area contributed by atoms with Crippen molar-refractivity contribution >= 4 is 10.1 Å². The molecule has 31 heavy (non-hydrogen) atoms. The fourth-order valence-corrected chi connectivity index (χ4v) is 4.17. The molecule has 0 aromatic carbocycles. The summed E-state index contributed by atoms with van der Waals surface area (Å²) in [5.41, 5.74) is 0. The van der Waals surface area contributed by atoms with E-state index in [4.69, 9.17) is 4.55 Å². The Morgan fingerprint density at radius 2 is 0.710 bits per heavy atom. The van der Waals surface area contributed by atoms with Crippen LogP contribution in [0.4, 0.5) is 0 Å². The van der Waals surface area contributed by atoms with E-state index in [0.717, 1.165) is 0 Å². The van der Waals surface area contributed by atoms with Crippen LogP contribution in [0.5, 0.6) is 0 Å². The topological polar surface area (TPSA) is 54.4 Å². The highest BCUT2D eigenvalue weighted by Crippen LogP contribution is 2.19. The number of unbranched alkanes of at least 4 members (excludes halogenated alkanes) is 12. The predicted molar refractivity (Wildman–Crippen MR) is 138 cm³/mol. The maximum Gasteiger partial charge on any atom is 0.264 e. The zero-order valence-electron chi connectivity index (χ0n) is 22.0. The smallest absolute Gasteiger partial charge is 0.264 e. The summed E-state index contributed by atoms with van der Waals surface area (Å²) in [6.07, 6.45) is 22.8. The first-order valence-electron chi connectivity index (χ1n) is 13.6. The van der Waals surface area contributed by atoms with E-state index in [1.165, 1.54) is 140 Å². The largest absolute Gasteiger partial charge is 0.324 e. The van der Waals surface area contributed by atoms with Crippen molar-refractivity contribution in [1.82, 2.24) is 0 Å². The van der Waals surface area contributed by atoms with E-state index in [1.807, 2.05) is 0 Å². The highest BCUT2D eigenvalue weighted by Gasteiger charge is 2.25. The van der Waals surface area contributed by atoms with Gasteiger partial charge in [-0.2, -0.15) is 8.42 Å². The van der Waals surface area contributed by atoms with Crippen molar-refractivity contribution in [3.05, 3.63) is 0 Å². The van der Waals surface area contributed by atoms with Crippen LogP contribution in [0.3, 0.4) is 0 Å². The van der Waals surface area contributed by atoms with Gasteiger partial charge in [-0.05, 0) is 58.3 Å². The maximum atomic E-state index is 9.56. The van der Waals surface area contributed by atoms with Gasteiger partial charge in [-0.3, -0.25) is 4.55 Å². The normalized spacial score (nSPS) is 11.9. The standard InChI is InChI=1S/C24H52N.C2H6O3S/c1-5-9-13-17-21-25(22-18-14-10-6-2,23-19-15-11-7-3)24-20-16-12-8-4;1-2-6(3,4)5/h5-24H2,1-4H3;2H2,1H3,(H,3,4,5)/q+1;. The van der Waals surface area contributed by atoms with E-state index in [9.17, 15) is 8.42 Å². The van der Waals surface area contributed by atoms with E-state index in [1.54, 1.807) is 0 Å².